The van der Waals surface area contributed by atoms with Crippen LogP contribution in [0.1, 0.15) is 23.0 Å². The molecular weight excluding hydrogens is 380 g/mol. The van der Waals surface area contributed by atoms with E-state index in [0.717, 1.165) is 4.31 Å². The molecule has 1 aromatic heterocycles. The van der Waals surface area contributed by atoms with Crippen LogP contribution in [0, 0.1) is 0 Å². The van der Waals surface area contributed by atoms with Crippen molar-refractivity contribution in [1.29, 1.82) is 0 Å². The zero-order valence-corrected chi connectivity index (χ0v) is 16.4. The van der Waals surface area contributed by atoms with Crippen molar-refractivity contribution in [2.24, 2.45) is 5.73 Å². The number of carbonyl (C=O) groups is 1. The third-order valence-electron chi connectivity index (χ3n) is 3.50. The molecule has 1 aromatic carbocycles. The smallest absolute Gasteiger partial charge is 0.258 e. The molecule has 144 valence electrons. The summed E-state index contributed by atoms with van der Waals surface area (Å²) < 4.78 is 30.9. The first-order valence-electron chi connectivity index (χ1n) is 7.68. The van der Waals surface area contributed by atoms with Crippen molar-refractivity contribution in [1.82, 2.24) is 4.31 Å². The van der Waals surface area contributed by atoms with E-state index in [-0.39, 0.29) is 23.8 Å². The van der Waals surface area contributed by atoms with Crippen molar-refractivity contribution in [2.75, 3.05) is 31.3 Å². The standard InChI is InChI=1S/C16H22N4O4S.ClH/c1-4-18-14-6-5-13(25(22,23)20(2)3)8-15(14)19-16(21)11-7-12(9-17)24-10-11;/h5-8,10,18H,4,9,17H2,1-3H3,(H,19,21);1H. The summed E-state index contributed by atoms with van der Waals surface area (Å²) in [7, 11) is -0.712. The number of rotatable bonds is 7. The number of nitrogens with zero attached hydrogens (tertiary/aromatic N) is 1. The highest BCUT2D eigenvalue weighted by molar-refractivity contribution is 7.89. The van der Waals surface area contributed by atoms with Gasteiger partial charge in [-0.05, 0) is 31.2 Å². The fourth-order valence-electron chi connectivity index (χ4n) is 2.14. The van der Waals surface area contributed by atoms with Gasteiger partial charge in [-0.2, -0.15) is 0 Å². The molecule has 10 heteroatoms. The summed E-state index contributed by atoms with van der Waals surface area (Å²) in [6.45, 7) is 2.71. The second-order valence-corrected chi connectivity index (χ2v) is 7.64. The highest BCUT2D eigenvalue weighted by Crippen LogP contribution is 2.27. The minimum absolute atomic E-state index is 0. The topological polar surface area (TPSA) is 118 Å². The second-order valence-electron chi connectivity index (χ2n) is 5.49. The van der Waals surface area contributed by atoms with E-state index in [1.54, 1.807) is 12.1 Å². The Hall–Kier alpha value is -2.07. The predicted octanol–water partition coefficient (Wildman–Crippen LogP) is 2.09. The number of benzene rings is 1. The van der Waals surface area contributed by atoms with E-state index < -0.39 is 15.9 Å². The lowest BCUT2D eigenvalue weighted by molar-refractivity contribution is 0.102. The molecule has 0 saturated carbocycles. The lowest BCUT2D eigenvalue weighted by Crippen LogP contribution is -2.22. The molecule has 0 spiro atoms. The summed E-state index contributed by atoms with van der Waals surface area (Å²) in [4.78, 5) is 12.5. The Morgan fingerprint density at radius 1 is 1.23 bits per heavy atom. The maximum atomic E-state index is 12.4. The average molecular weight is 403 g/mol. The molecular formula is C16H23ClN4O4S. The maximum absolute atomic E-state index is 12.4. The van der Waals surface area contributed by atoms with Gasteiger partial charge in [-0.1, -0.05) is 0 Å². The minimum atomic E-state index is -3.61. The Morgan fingerprint density at radius 2 is 1.92 bits per heavy atom. The fraction of sp³-hybridized carbons (Fsp3) is 0.312. The predicted molar refractivity (Wildman–Crippen MR) is 103 cm³/mol. The van der Waals surface area contributed by atoms with Crippen LogP contribution in [0.2, 0.25) is 0 Å². The molecule has 0 aliphatic rings. The molecule has 0 radical (unpaired) electrons. The molecule has 0 atom stereocenters. The second kappa shape index (κ2) is 9.04. The van der Waals surface area contributed by atoms with Crippen molar-refractivity contribution < 1.29 is 17.6 Å². The summed E-state index contributed by atoms with van der Waals surface area (Å²) in [5.41, 5.74) is 6.77. The first-order valence-corrected chi connectivity index (χ1v) is 9.12. The average Bonchev–Trinajstić information content (AvgIpc) is 3.05. The van der Waals surface area contributed by atoms with Crippen LogP contribution in [0.4, 0.5) is 11.4 Å². The number of nitrogens with one attached hydrogen (secondary N) is 2. The highest BCUT2D eigenvalue weighted by atomic mass is 35.5. The summed E-state index contributed by atoms with van der Waals surface area (Å²) in [5.74, 6) is 0.0722. The number of nitrogens with two attached hydrogens (primary N) is 1. The van der Waals surface area contributed by atoms with Crippen molar-refractivity contribution >= 4 is 39.7 Å². The summed E-state index contributed by atoms with van der Waals surface area (Å²) >= 11 is 0. The molecule has 0 bridgehead atoms. The van der Waals surface area contributed by atoms with Crippen LogP contribution in [0.5, 0.6) is 0 Å². The van der Waals surface area contributed by atoms with Crippen LogP contribution < -0.4 is 16.4 Å². The van der Waals surface area contributed by atoms with Gasteiger partial charge < -0.3 is 20.8 Å². The number of amides is 1. The molecule has 1 amide bonds. The van der Waals surface area contributed by atoms with E-state index in [1.165, 1.54) is 32.5 Å². The van der Waals surface area contributed by atoms with E-state index in [9.17, 15) is 13.2 Å². The summed E-state index contributed by atoms with van der Waals surface area (Å²) in [6.07, 6.45) is 1.31. The molecule has 0 fully saturated rings. The molecule has 0 aliphatic heterocycles. The van der Waals surface area contributed by atoms with Crippen LogP contribution in [-0.4, -0.2) is 39.3 Å². The van der Waals surface area contributed by atoms with E-state index in [2.05, 4.69) is 10.6 Å². The number of anilines is 2. The van der Waals surface area contributed by atoms with E-state index in [0.29, 0.717) is 29.2 Å². The molecule has 1 heterocycles. The third kappa shape index (κ3) is 4.76. The van der Waals surface area contributed by atoms with Crippen LogP contribution in [0.25, 0.3) is 0 Å². The normalized spacial score (nSPS) is 11.1. The Morgan fingerprint density at radius 3 is 2.46 bits per heavy atom. The molecule has 2 aromatic rings. The lowest BCUT2D eigenvalue weighted by Gasteiger charge is -2.16. The van der Waals surface area contributed by atoms with E-state index >= 15 is 0 Å². The zero-order chi connectivity index (χ0) is 18.6. The van der Waals surface area contributed by atoms with Crippen molar-refractivity contribution in [3.05, 3.63) is 41.9 Å². The van der Waals surface area contributed by atoms with Gasteiger partial charge in [0.25, 0.3) is 5.91 Å². The van der Waals surface area contributed by atoms with Gasteiger partial charge >= 0.3 is 0 Å². The maximum Gasteiger partial charge on any atom is 0.258 e. The van der Waals surface area contributed by atoms with Crippen LogP contribution in [0.3, 0.4) is 0 Å². The summed E-state index contributed by atoms with van der Waals surface area (Å²) in [5, 5.41) is 5.81. The third-order valence-corrected chi connectivity index (χ3v) is 5.31. The number of furan rings is 1. The molecule has 2 rings (SSSR count). The van der Waals surface area contributed by atoms with Crippen molar-refractivity contribution in [2.45, 2.75) is 18.4 Å². The molecule has 0 unspecified atom stereocenters. The number of hydrogen-bond donors (Lipinski definition) is 3. The number of sulfonamides is 1. The van der Waals surface area contributed by atoms with Crippen LogP contribution >= 0.6 is 12.4 Å². The van der Waals surface area contributed by atoms with Gasteiger partial charge in [-0.3, -0.25) is 4.79 Å². The largest absolute Gasteiger partial charge is 0.467 e. The number of carbonyl (C=O) groups excluding carboxylic acids is 1. The summed E-state index contributed by atoms with van der Waals surface area (Å²) in [6, 6.07) is 6.08. The van der Waals surface area contributed by atoms with E-state index in [1.807, 2.05) is 6.92 Å². The van der Waals surface area contributed by atoms with Crippen LogP contribution in [0.15, 0.2) is 39.8 Å². The highest BCUT2D eigenvalue weighted by Gasteiger charge is 2.20. The Kier molecular flexibility index (Phi) is 7.64. The minimum Gasteiger partial charge on any atom is -0.467 e. The van der Waals surface area contributed by atoms with E-state index in [4.69, 9.17) is 10.2 Å². The lowest BCUT2D eigenvalue weighted by atomic mass is 10.2. The van der Waals surface area contributed by atoms with Gasteiger partial charge in [0.15, 0.2) is 0 Å². The van der Waals surface area contributed by atoms with Crippen molar-refractivity contribution in [3.8, 4) is 0 Å². The number of halogens is 1. The number of hydrogen-bond acceptors (Lipinski definition) is 6. The van der Waals surface area contributed by atoms with Gasteiger partial charge in [0.1, 0.15) is 12.0 Å². The Bertz CT molecular complexity index is 865. The van der Waals surface area contributed by atoms with Gasteiger partial charge in [0.05, 0.1) is 28.4 Å². The first-order chi connectivity index (χ1) is 11.8. The molecule has 8 nitrogen and oxygen atoms in total. The van der Waals surface area contributed by atoms with Crippen molar-refractivity contribution in [3.63, 3.8) is 0 Å². The van der Waals surface area contributed by atoms with Gasteiger partial charge in [-0.15, -0.1) is 12.4 Å². The SMILES string of the molecule is CCNc1ccc(S(=O)(=O)N(C)C)cc1NC(=O)c1coc(CN)c1.Cl. The molecule has 0 aliphatic carbocycles. The Labute approximate surface area is 159 Å². The van der Waals surface area contributed by atoms with Gasteiger partial charge in [0.2, 0.25) is 10.0 Å². The van der Waals surface area contributed by atoms with Gasteiger partial charge in [0, 0.05) is 20.6 Å². The fourth-order valence-corrected chi connectivity index (χ4v) is 3.07. The van der Waals surface area contributed by atoms with Crippen LogP contribution in [-0.2, 0) is 16.6 Å². The quantitative estimate of drug-likeness (QED) is 0.652. The molecule has 0 saturated heterocycles. The zero-order valence-electron chi connectivity index (χ0n) is 14.8. The first kappa shape index (κ1) is 22.0. The molecule has 4 N–H and O–H groups in total. The molecule has 26 heavy (non-hydrogen) atoms. The Balaban J connectivity index is 0.00000338. The monoisotopic (exact) mass is 402 g/mol. The van der Waals surface area contributed by atoms with Gasteiger partial charge in [-0.25, -0.2) is 12.7 Å².